The molecule has 0 heterocycles. The zero-order valence-corrected chi connectivity index (χ0v) is 9.37. The lowest BCUT2D eigenvalue weighted by atomic mass is 10.1. The minimum absolute atomic E-state index is 0.0386. The number of methoxy groups -OCH3 is 1. The normalized spacial score (nSPS) is 12.7. The molecule has 0 spiro atoms. The molecular formula is C11H16FNO3. The maximum Gasteiger partial charge on any atom is 0.123 e. The van der Waals surface area contributed by atoms with Crippen LogP contribution in [0.1, 0.15) is 18.5 Å². The number of hydroxylamine groups is 1. The number of benzene rings is 1. The van der Waals surface area contributed by atoms with Gasteiger partial charge < -0.3 is 9.84 Å². The molecule has 0 aliphatic heterocycles. The summed E-state index contributed by atoms with van der Waals surface area (Å²) in [5, 5.41) is 9.52. The average Bonchev–Trinajstić information content (AvgIpc) is 2.27. The smallest absolute Gasteiger partial charge is 0.123 e. The number of halogens is 1. The van der Waals surface area contributed by atoms with Gasteiger partial charge in [-0.3, -0.25) is 4.84 Å². The van der Waals surface area contributed by atoms with Crippen molar-refractivity contribution < 1.29 is 19.1 Å². The van der Waals surface area contributed by atoms with Crippen molar-refractivity contribution in [1.29, 1.82) is 0 Å². The molecular weight excluding hydrogens is 213 g/mol. The van der Waals surface area contributed by atoms with Crippen molar-refractivity contribution in [2.24, 2.45) is 0 Å². The van der Waals surface area contributed by atoms with Crippen LogP contribution < -0.4 is 5.48 Å². The molecule has 4 nitrogen and oxygen atoms in total. The number of nitrogens with one attached hydrogen (secondary N) is 1. The molecule has 1 aromatic rings. The molecule has 0 bridgehead atoms. The number of hydrogen-bond donors (Lipinski definition) is 2. The van der Waals surface area contributed by atoms with E-state index in [2.05, 4.69) is 5.48 Å². The Morgan fingerprint density at radius 2 is 2.19 bits per heavy atom. The van der Waals surface area contributed by atoms with Gasteiger partial charge in [-0.05, 0) is 25.1 Å². The molecule has 0 saturated carbocycles. The molecule has 0 aliphatic rings. The molecule has 0 radical (unpaired) electrons. The van der Waals surface area contributed by atoms with Crippen LogP contribution in [0, 0.1) is 5.82 Å². The number of phenolic OH excluding ortho intramolecular Hbond substituents is 1. The van der Waals surface area contributed by atoms with E-state index >= 15 is 0 Å². The summed E-state index contributed by atoms with van der Waals surface area (Å²) in [6.45, 7) is 2.62. The Bertz CT molecular complexity index is 333. The first kappa shape index (κ1) is 12.9. The van der Waals surface area contributed by atoms with Gasteiger partial charge in [0.15, 0.2) is 0 Å². The molecule has 1 aromatic carbocycles. The van der Waals surface area contributed by atoms with Gasteiger partial charge in [0.1, 0.15) is 11.6 Å². The first-order valence-corrected chi connectivity index (χ1v) is 5.00. The zero-order chi connectivity index (χ0) is 12.0. The maximum atomic E-state index is 13.0. The lowest BCUT2D eigenvalue weighted by molar-refractivity contribution is -0.00961. The first-order valence-electron chi connectivity index (χ1n) is 5.00. The lowest BCUT2D eigenvalue weighted by Gasteiger charge is -2.15. The molecule has 0 amide bonds. The van der Waals surface area contributed by atoms with Crippen molar-refractivity contribution in [1.82, 2.24) is 5.48 Å². The first-order chi connectivity index (χ1) is 7.65. The molecule has 1 atom stereocenters. The van der Waals surface area contributed by atoms with Gasteiger partial charge in [-0.1, -0.05) is 0 Å². The summed E-state index contributed by atoms with van der Waals surface area (Å²) in [6, 6.07) is 3.50. The van der Waals surface area contributed by atoms with Crippen LogP contribution in [0.5, 0.6) is 5.75 Å². The van der Waals surface area contributed by atoms with Gasteiger partial charge in [0.25, 0.3) is 0 Å². The van der Waals surface area contributed by atoms with Crippen LogP contribution in [0.25, 0.3) is 0 Å². The van der Waals surface area contributed by atoms with Gasteiger partial charge in [-0.25, -0.2) is 4.39 Å². The predicted octanol–water partition coefficient (Wildman–Crippen LogP) is 1.76. The Morgan fingerprint density at radius 1 is 1.44 bits per heavy atom. The molecule has 1 rings (SSSR count). The van der Waals surface area contributed by atoms with Crippen LogP contribution >= 0.6 is 0 Å². The minimum atomic E-state index is -0.390. The van der Waals surface area contributed by atoms with Gasteiger partial charge in [-0.2, -0.15) is 5.48 Å². The summed E-state index contributed by atoms with van der Waals surface area (Å²) in [5.74, 6) is -0.352. The Hall–Kier alpha value is -1.17. The molecule has 2 N–H and O–H groups in total. The third-order valence-electron chi connectivity index (χ3n) is 2.11. The van der Waals surface area contributed by atoms with Crippen molar-refractivity contribution in [3.63, 3.8) is 0 Å². The van der Waals surface area contributed by atoms with E-state index in [-0.39, 0.29) is 11.8 Å². The van der Waals surface area contributed by atoms with E-state index in [1.165, 1.54) is 18.2 Å². The van der Waals surface area contributed by atoms with E-state index in [9.17, 15) is 9.50 Å². The van der Waals surface area contributed by atoms with E-state index in [1.807, 2.05) is 0 Å². The van der Waals surface area contributed by atoms with E-state index in [0.717, 1.165) is 0 Å². The minimum Gasteiger partial charge on any atom is -0.508 e. The van der Waals surface area contributed by atoms with Crippen molar-refractivity contribution in [2.45, 2.75) is 13.0 Å². The van der Waals surface area contributed by atoms with Gasteiger partial charge >= 0.3 is 0 Å². The quantitative estimate of drug-likeness (QED) is 0.576. The van der Waals surface area contributed by atoms with Crippen molar-refractivity contribution in [2.75, 3.05) is 20.3 Å². The van der Waals surface area contributed by atoms with Crippen molar-refractivity contribution in [3.05, 3.63) is 29.6 Å². The van der Waals surface area contributed by atoms with Crippen LogP contribution in [-0.4, -0.2) is 25.4 Å². The summed E-state index contributed by atoms with van der Waals surface area (Å²) >= 11 is 0. The topological polar surface area (TPSA) is 50.7 Å². The Kier molecular flexibility index (Phi) is 5.18. The molecule has 0 fully saturated rings. The SMILES string of the molecule is COCCONC(C)c1cc(F)ccc1O. The lowest BCUT2D eigenvalue weighted by Crippen LogP contribution is -2.21. The van der Waals surface area contributed by atoms with Gasteiger partial charge in [-0.15, -0.1) is 0 Å². The Morgan fingerprint density at radius 3 is 2.88 bits per heavy atom. The number of ether oxygens (including phenoxy) is 1. The monoisotopic (exact) mass is 229 g/mol. The van der Waals surface area contributed by atoms with Crippen LogP contribution in [0.4, 0.5) is 4.39 Å². The number of hydrogen-bond acceptors (Lipinski definition) is 4. The highest BCUT2D eigenvalue weighted by Crippen LogP contribution is 2.24. The molecule has 16 heavy (non-hydrogen) atoms. The fraction of sp³-hybridized carbons (Fsp3) is 0.455. The highest BCUT2D eigenvalue weighted by Gasteiger charge is 2.11. The number of phenols is 1. The predicted molar refractivity (Wildman–Crippen MR) is 57.4 cm³/mol. The van der Waals surface area contributed by atoms with Crippen molar-refractivity contribution >= 4 is 0 Å². The highest BCUT2D eigenvalue weighted by molar-refractivity contribution is 5.34. The van der Waals surface area contributed by atoms with Gasteiger partial charge in [0.2, 0.25) is 0 Å². The second-order valence-corrected chi connectivity index (χ2v) is 3.38. The molecule has 90 valence electrons. The number of aromatic hydroxyl groups is 1. The van der Waals surface area contributed by atoms with Crippen LogP contribution in [0.3, 0.4) is 0 Å². The van der Waals surface area contributed by atoms with E-state index in [0.29, 0.717) is 18.8 Å². The molecule has 0 saturated heterocycles. The molecule has 0 aliphatic carbocycles. The Labute approximate surface area is 93.9 Å². The van der Waals surface area contributed by atoms with Crippen molar-refractivity contribution in [3.8, 4) is 5.75 Å². The average molecular weight is 229 g/mol. The van der Waals surface area contributed by atoms with Crippen LogP contribution in [-0.2, 0) is 9.57 Å². The fourth-order valence-corrected chi connectivity index (χ4v) is 1.24. The van der Waals surface area contributed by atoms with Crippen LogP contribution in [0.2, 0.25) is 0 Å². The summed E-state index contributed by atoms with van der Waals surface area (Å²) in [4.78, 5) is 5.08. The van der Waals surface area contributed by atoms with Crippen LogP contribution in [0.15, 0.2) is 18.2 Å². The maximum absolute atomic E-state index is 13.0. The summed E-state index contributed by atoms with van der Waals surface area (Å²) in [7, 11) is 1.57. The highest BCUT2D eigenvalue weighted by atomic mass is 19.1. The summed E-state index contributed by atoms with van der Waals surface area (Å²) < 4.78 is 17.7. The van der Waals surface area contributed by atoms with E-state index in [1.54, 1.807) is 14.0 Å². The fourth-order valence-electron chi connectivity index (χ4n) is 1.24. The largest absolute Gasteiger partial charge is 0.508 e. The second-order valence-electron chi connectivity index (χ2n) is 3.38. The van der Waals surface area contributed by atoms with E-state index < -0.39 is 5.82 Å². The summed E-state index contributed by atoms with van der Waals surface area (Å²) in [5.41, 5.74) is 3.15. The summed E-state index contributed by atoms with van der Waals surface area (Å²) in [6.07, 6.45) is 0. The number of rotatable bonds is 6. The Balaban J connectivity index is 2.51. The van der Waals surface area contributed by atoms with E-state index in [4.69, 9.17) is 9.57 Å². The zero-order valence-electron chi connectivity index (χ0n) is 9.37. The van der Waals surface area contributed by atoms with Gasteiger partial charge in [0, 0.05) is 12.7 Å². The second kappa shape index (κ2) is 6.42. The van der Waals surface area contributed by atoms with Gasteiger partial charge in [0.05, 0.1) is 19.3 Å². The standard InChI is InChI=1S/C11H16FNO3/c1-8(13-16-6-5-15-2)10-7-9(12)3-4-11(10)14/h3-4,7-8,13-14H,5-6H2,1-2H3. The third-order valence-corrected chi connectivity index (χ3v) is 2.11. The third kappa shape index (κ3) is 3.77. The molecule has 1 unspecified atom stereocenters. The molecule has 5 heteroatoms. The molecule has 0 aromatic heterocycles.